The third kappa shape index (κ3) is 3.06. The van der Waals surface area contributed by atoms with E-state index in [9.17, 15) is 4.79 Å². The first-order chi connectivity index (χ1) is 6.11. The van der Waals surface area contributed by atoms with Crippen LogP contribution in [-0.4, -0.2) is 11.0 Å². The molecule has 70 valence electrons. The smallest absolute Gasteiger partial charge is 0.307 e. The summed E-state index contributed by atoms with van der Waals surface area (Å²) >= 11 is 11.2. The largest absolute Gasteiger partial charge is 0.333 e. The summed E-state index contributed by atoms with van der Waals surface area (Å²) in [5.41, 5.74) is 2.32. The first-order valence-corrected chi connectivity index (χ1v) is 3.98. The van der Waals surface area contributed by atoms with Gasteiger partial charge in [0.15, 0.2) is 0 Å². The van der Waals surface area contributed by atoms with Crippen LogP contribution in [0.1, 0.15) is 0 Å². The fourth-order valence-corrected chi connectivity index (χ4v) is 1.16. The minimum Gasteiger partial charge on any atom is -0.307 e. The summed E-state index contributed by atoms with van der Waals surface area (Å²) in [6, 6.07) is 2.34. The number of aromatic nitrogens is 1. The summed E-state index contributed by atoms with van der Waals surface area (Å²) in [6.45, 7) is 0. The Morgan fingerprint density at radius 2 is 1.92 bits per heavy atom. The van der Waals surface area contributed by atoms with Crippen LogP contribution in [0.3, 0.4) is 0 Å². The number of carbonyl (C=O) groups is 1. The zero-order valence-corrected chi connectivity index (χ0v) is 7.86. The van der Waals surface area contributed by atoms with Crippen molar-refractivity contribution in [2.45, 2.75) is 0 Å². The number of rotatable bonds is 1. The van der Waals surface area contributed by atoms with E-state index in [-0.39, 0.29) is 10.3 Å². The van der Waals surface area contributed by atoms with Crippen LogP contribution in [0.15, 0.2) is 12.1 Å². The minimum absolute atomic E-state index is 0.194. The van der Waals surface area contributed by atoms with Gasteiger partial charge in [-0.2, -0.15) is 0 Å². The SMILES string of the molecule is NNC(=O)Nc1cc(Cl)nc(Cl)c1. The molecule has 0 aliphatic heterocycles. The second kappa shape index (κ2) is 4.27. The third-order valence-electron chi connectivity index (χ3n) is 1.15. The Morgan fingerprint density at radius 1 is 1.38 bits per heavy atom. The van der Waals surface area contributed by atoms with Gasteiger partial charge in [-0.05, 0) is 12.1 Å². The fourth-order valence-electron chi connectivity index (χ4n) is 0.704. The van der Waals surface area contributed by atoms with E-state index in [1.54, 1.807) is 0 Å². The summed E-state index contributed by atoms with van der Waals surface area (Å²) in [4.78, 5) is 14.4. The van der Waals surface area contributed by atoms with Gasteiger partial charge >= 0.3 is 6.03 Å². The predicted molar refractivity (Wildman–Crippen MR) is 50.6 cm³/mol. The quantitative estimate of drug-likeness (QED) is 0.290. The van der Waals surface area contributed by atoms with Crippen molar-refractivity contribution < 1.29 is 4.79 Å². The highest BCUT2D eigenvalue weighted by molar-refractivity contribution is 6.32. The molecule has 0 aliphatic rings. The van der Waals surface area contributed by atoms with Crippen LogP contribution < -0.4 is 16.6 Å². The van der Waals surface area contributed by atoms with Crippen molar-refractivity contribution in [2.24, 2.45) is 5.84 Å². The molecule has 0 saturated carbocycles. The number of carbonyl (C=O) groups excluding carboxylic acids is 1. The van der Waals surface area contributed by atoms with Crippen molar-refractivity contribution in [3.8, 4) is 0 Å². The van der Waals surface area contributed by atoms with Gasteiger partial charge in [0.25, 0.3) is 0 Å². The molecule has 0 spiro atoms. The van der Waals surface area contributed by atoms with Gasteiger partial charge in [0, 0.05) is 5.69 Å². The monoisotopic (exact) mass is 220 g/mol. The Kier molecular flexibility index (Phi) is 3.30. The van der Waals surface area contributed by atoms with Crippen LogP contribution in [0.2, 0.25) is 10.3 Å². The van der Waals surface area contributed by atoms with E-state index in [1.165, 1.54) is 12.1 Å². The highest BCUT2D eigenvalue weighted by Gasteiger charge is 2.02. The van der Waals surface area contributed by atoms with Crippen LogP contribution >= 0.6 is 23.2 Å². The Hall–Kier alpha value is -1.04. The van der Waals surface area contributed by atoms with Gasteiger partial charge in [-0.15, -0.1) is 0 Å². The normalized spacial score (nSPS) is 9.46. The molecule has 5 nitrogen and oxygen atoms in total. The Bertz CT molecular complexity index is 310. The number of hydrogen-bond acceptors (Lipinski definition) is 3. The van der Waals surface area contributed by atoms with Crippen molar-refractivity contribution in [1.82, 2.24) is 10.4 Å². The Balaban J connectivity index is 2.83. The van der Waals surface area contributed by atoms with Gasteiger partial charge in [0.1, 0.15) is 10.3 Å². The average molecular weight is 221 g/mol. The minimum atomic E-state index is -0.557. The molecule has 0 bridgehead atoms. The number of hydrazine groups is 1. The van der Waals surface area contributed by atoms with E-state index in [0.29, 0.717) is 5.69 Å². The lowest BCUT2D eigenvalue weighted by molar-refractivity contribution is 0.252. The molecule has 1 heterocycles. The van der Waals surface area contributed by atoms with E-state index in [1.807, 2.05) is 5.43 Å². The number of amides is 2. The highest BCUT2D eigenvalue weighted by Crippen LogP contribution is 2.18. The van der Waals surface area contributed by atoms with Crippen molar-refractivity contribution in [2.75, 3.05) is 5.32 Å². The summed E-state index contributed by atoms with van der Waals surface area (Å²) in [7, 11) is 0. The van der Waals surface area contributed by atoms with Gasteiger partial charge in [0.2, 0.25) is 0 Å². The standard InChI is InChI=1S/C6H6Cl2N4O/c7-4-1-3(2-5(8)11-4)10-6(13)12-9/h1-2H,9H2,(H2,10,11,12,13). The van der Waals surface area contributed by atoms with Crippen LogP contribution in [0, 0.1) is 0 Å². The summed E-state index contributed by atoms with van der Waals surface area (Å²) in [5.74, 6) is 4.85. The second-order valence-electron chi connectivity index (χ2n) is 2.10. The molecule has 0 fully saturated rings. The Morgan fingerprint density at radius 3 is 2.38 bits per heavy atom. The lowest BCUT2D eigenvalue weighted by Crippen LogP contribution is -2.34. The van der Waals surface area contributed by atoms with Crippen LogP contribution in [-0.2, 0) is 0 Å². The molecule has 0 saturated heterocycles. The van der Waals surface area contributed by atoms with E-state index in [0.717, 1.165) is 0 Å². The number of halogens is 2. The van der Waals surface area contributed by atoms with E-state index in [2.05, 4.69) is 10.3 Å². The lowest BCUT2D eigenvalue weighted by Gasteiger charge is -2.03. The molecule has 1 aromatic heterocycles. The molecule has 7 heteroatoms. The molecule has 4 N–H and O–H groups in total. The first-order valence-electron chi connectivity index (χ1n) is 3.22. The van der Waals surface area contributed by atoms with Crippen molar-refractivity contribution in [3.05, 3.63) is 22.4 Å². The Labute approximate surface area is 84.2 Å². The number of pyridine rings is 1. The van der Waals surface area contributed by atoms with Gasteiger partial charge in [-0.1, -0.05) is 23.2 Å². The lowest BCUT2D eigenvalue weighted by atomic mass is 10.4. The summed E-state index contributed by atoms with van der Waals surface area (Å²) in [6.07, 6.45) is 0. The number of anilines is 1. The maximum atomic E-state index is 10.8. The molecule has 0 unspecified atom stereocenters. The molecule has 0 aliphatic carbocycles. The second-order valence-corrected chi connectivity index (χ2v) is 2.87. The molecule has 0 radical (unpaired) electrons. The fraction of sp³-hybridized carbons (Fsp3) is 0. The summed E-state index contributed by atoms with van der Waals surface area (Å²) in [5, 5.41) is 2.78. The molecule has 13 heavy (non-hydrogen) atoms. The van der Waals surface area contributed by atoms with Crippen molar-refractivity contribution >= 4 is 34.9 Å². The van der Waals surface area contributed by atoms with Crippen LogP contribution in [0.25, 0.3) is 0 Å². The van der Waals surface area contributed by atoms with Gasteiger partial charge in [0.05, 0.1) is 0 Å². The molecule has 0 aromatic carbocycles. The predicted octanol–water partition coefficient (Wildman–Crippen LogP) is 1.38. The number of nitrogens with two attached hydrogens (primary N) is 1. The topological polar surface area (TPSA) is 80.0 Å². The van der Waals surface area contributed by atoms with Crippen LogP contribution in [0.5, 0.6) is 0 Å². The zero-order chi connectivity index (χ0) is 9.84. The average Bonchev–Trinajstić information content (AvgIpc) is 2.02. The molecule has 1 aromatic rings. The number of urea groups is 1. The molecule has 0 atom stereocenters. The maximum Gasteiger partial charge on any atom is 0.333 e. The third-order valence-corrected chi connectivity index (χ3v) is 1.54. The highest BCUT2D eigenvalue weighted by atomic mass is 35.5. The van der Waals surface area contributed by atoms with E-state index in [4.69, 9.17) is 29.0 Å². The maximum absolute atomic E-state index is 10.8. The molecule has 2 amide bonds. The van der Waals surface area contributed by atoms with Crippen molar-refractivity contribution in [1.29, 1.82) is 0 Å². The van der Waals surface area contributed by atoms with E-state index < -0.39 is 6.03 Å². The summed E-state index contributed by atoms with van der Waals surface area (Å²) < 4.78 is 0. The molecule has 1 rings (SSSR count). The van der Waals surface area contributed by atoms with Gasteiger partial charge in [-0.3, -0.25) is 5.43 Å². The van der Waals surface area contributed by atoms with Crippen molar-refractivity contribution in [3.63, 3.8) is 0 Å². The molecular weight excluding hydrogens is 215 g/mol. The van der Waals surface area contributed by atoms with Gasteiger partial charge < -0.3 is 5.32 Å². The number of nitrogens with zero attached hydrogens (tertiary/aromatic N) is 1. The van der Waals surface area contributed by atoms with Crippen LogP contribution in [0.4, 0.5) is 10.5 Å². The first kappa shape index (κ1) is 10.0. The zero-order valence-electron chi connectivity index (χ0n) is 6.34. The number of nitrogens with one attached hydrogen (secondary N) is 2. The van der Waals surface area contributed by atoms with E-state index >= 15 is 0 Å². The number of hydrogen-bond donors (Lipinski definition) is 3. The molecular formula is C6H6Cl2N4O. The van der Waals surface area contributed by atoms with Gasteiger partial charge in [-0.25, -0.2) is 15.6 Å².